The van der Waals surface area contributed by atoms with Gasteiger partial charge < -0.3 is 45.6 Å². The first kappa shape index (κ1) is 17.4. The van der Waals surface area contributed by atoms with E-state index >= 15 is 0 Å². The summed E-state index contributed by atoms with van der Waals surface area (Å²) >= 11 is 0. The highest BCUT2D eigenvalue weighted by atomic mass is 16.7. The molecule has 0 spiro atoms. The highest BCUT2D eigenvalue weighted by molar-refractivity contribution is 5.61. The Morgan fingerprint density at radius 2 is 1.70 bits per heavy atom. The molecule has 1 fully saturated rings. The minimum Gasteiger partial charge on any atom is -0.394 e. The molecule has 1 aliphatic heterocycles. The number of hydrogen-bond acceptors (Lipinski definition) is 10. The van der Waals surface area contributed by atoms with Crippen molar-refractivity contribution in [3.05, 3.63) is 0 Å². The molecule has 1 aliphatic rings. The van der Waals surface area contributed by atoms with Crippen LogP contribution in [0.1, 0.15) is 0 Å². The predicted molar refractivity (Wildman–Crippen MR) is 59.0 cm³/mol. The van der Waals surface area contributed by atoms with E-state index < -0.39 is 55.1 Å². The van der Waals surface area contributed by atoms with Gasteiger partial charge >= 0.3 is 0 Å². The molecule has 7 unspecified atom stereocenters. The highest BCUT2D eigenvalue weighted by Gasteiger charge is 2.55. The molecule has 10 nitrogen and oxygen atoms in total. The van der Waals surface area contributed by atoms with E-state index in [9.17, 15) is 40.5 Å². The van der Waals surface area contributed by atoms with E-state index in [1.54, 1.807) is 0 Å². The normalized spacial score (nSPS) is 42.8. The van der Waals surface area contributed by atoms with Crippen molar-refractivity contribution in [2.75, 3.05) is 6.61 Å². The van der Waals surface area contributed by atoms with Gasteiger partial charge in [0.05, 0.1) is 6.61 Å². The second kappa shape index (κ2) is 6.39. The SMILES string of the molecule is O=C[C@@]1(O)OC(C(O)C(O)C(O)CO)C(O)C(O)C1O. The zero-order valence-electron chi connectivity index (χ0n) is 10.2. The fourth-order valence-electron chi connectivity index (χ4n) is 1.88. The summed E-state index contributed by atoms with van der Waals surface area (Å²) in [6.45, 7) is -0.913. The molecule has 8 N–H and O–H groups in total. The van der Waals surface area contributed by atoms with Crippen molar-refractivity contribution in [2.45, 2.75) is 48.5 Å². The van der Waals surface area contributed by atoms with Crippen LogP contribution in [-0.2, 0) is 9.53 Å². The Kier molecular flexibility index (Phi) is 5.54. The molecule has 0 bridgehead atoms. The third kappa shape index (κ3) is 2.98. The number of carbonyl (C=O) groups is 1. The van der Waals surface area contributed by atoms with Crippen molar-refractivity contribution >= 4 is 6.29 Å². The van der Waals surface area contributed by atoms with Crippen LogP contribution in [0.15, 0.2) is 0 Å². The molecule has 0 aliphatic carbocycles. The molecule has 118 valence electrons. The maximum atomic E-state index is 10.7. The second-order valence-corrected chi connectivity index (χ2v) is 4.61. The number of carbonyl (C=O) groups excluding carboxylic acids is 1. The lowest BCUT2D eigenvalue weighted by Gasteiger charge is -2.45. The summed E-state index contributed by atoms with van der Waals surface area (Å²) in [5.74, 6) is -2.89. The summed E-state index contributed by atoms with van der Waals surface area (Å²) in [6, 6.07) is 0. The van der Waals surface area contributed by atoms with E-state index in [2.05, 4.69) is 4.74 Å². The van der Waals surface area contributed by atoms with E-state index in [1.807, 2.05) is 0 Å². The fourth-order valence-corrected chi connectivity index (χ4v) is 1.88. The van der Waals surface area contributed by atoms with E-state index in [-0.39, 0.29) is 6.29 Å². The molecule has 1 saturated heterocycles. The van der Waals surface area contributed by atoms with Crippen LogP contribution in [0.2, 0.25) is 0 Å². The predicted octanol–water partition coefficient (Wildman–Crippen LogP) is -5.57. The van der Waals surface area contributed by atoms with Crippen LogP contribution in [0.5, 0.6) is 0 Å². The summed E-state index contributed by atoms with van der Waals surface area (Å²) in [7, 11) is 0. The molecular weight excluding hydrogens is 280 g/mol. The lowest BCUT2D eigenvalue weighted by atomic mass is 9.88. The van der Waals surface area contributed by atoms with Crippen molar-refractivity contribution in [3.63, 3.8) is 0 Å². The third-order valence-corrected chi connectivity index (χ3v) is 3.20. The number of aliphatic hydroxyl groups excluding tert-OH is 7. The summed E-state index contributed by atoms with van der Waals surface area (Å²) in [5.41, 5.74) is 0. The van der Waals surface area contributed by atoms with E-state index in [0.29, 0.717) is 0 Å². The Hall–Kier alpha value is -0.690. The smallest absolute Gasteiger partial charge is 0.253 e. The maximum absolute atomic E-state index is 10.7. The van der Waals surface area contributed by atoms with E-state index in [0.717, 1.165) is 0 Å². The molecule has 8 atom stereocenters. The van der Waals surface area contributed by atoms with Crippen LogP contribution < -0.4 is 0 Å². The lowest BCUT2D eigenvalue weighted by Crippen LogP contribution is -2.69. The van der Waals surface area contributed by atoms with Gasteiger partial charge in [-0.05, 0) is 0 Å². The molecule has 20 heavy (non-hydrogen) atoms. The number of hydrogen-bond donors (Lipinski definition) is 8. The largest absolute Gasteiger partial charge is 0.394 e. The van der Waals surface area contributed by atoms with Gasteiger partial charge in [0.2, 0.25) is 0 Å². The molecule has 0 saturated carbocycles. The number of aliphatic hydroxyl groups is 8. The average molecular weight is 298 g/mol. The number of aldehydes is 1. The summed E-state index contributed by atoms with van der Waals surface area (Å²) in [5, 5.41) is 75.2. The molecule has 0 radical (unpaired) electrons. The van der Waals surface area contributed by atoms with Crippen molar-refractivity contribution < 1.29 is 50.4 Å². The number of ether oxygens (including phenoxy) is 1. The minimum absolute atomic E-state index is 0.249. The van der Waals surface area contributed by atoms with E-state index in [1.165, 1.54) is 0 Å². The highest BCUT2D eigenvalue weighted by Crippen LogP contribution is 2.29. The van der Waals surface area contributed by atoms with Gasteiger partial charge in [-0.2, -0.15) is 0 Å². The summed E-state index contributed by atoms with van der Waals surface area (Å²) in [4.78, 5) is 10.7. The zero-order valence-corrected chi connectivity index (χ0v) is 10.2. The van der Waals surface area contributed by atoms with Crippen LogP contribution in [0.3, 0.4) is 0 Å². The first-order valence-electron chi connectivity index (χ1n) is 5.75. The lowest BCUT2D eigenvalue weighted by molar-refractivity contribution is -0.339. The van der Waals surface area contributed by atoms with Crippen molar-refractivity contribution in [1.82, 2.24) is 0 Å². The van der Waals surface area contributed by atoms with Gasteiger partial charge in [0, 0.05) is 0 Å². The van der Waals surface area contributed by atoms with Gasteiger partial charge in [0.25, 0.3) is 5.79 Å². The number of rotatable bonds is 5. The topological polar surface area (TPSA) is 188 Å². The molecule has 0 amide bonds. The summed E-state index contributed by atoms with van der Waals surface area (Å²) in [6.07, 6.45) is -14.1. The van der Waals surface area contributed by atoms with Crippen LogP contribution in [0.25, 0.3) is 0 Å². The second-order valence-electron chi connectivity index (χ2n) is 4.61. The van der Waals surface area contributed by atoms with Gasteiger partial charge in [-0.3, -0.25) is 4.79 Å². The van der Waals surface area contributed by atoms with Crippen molar-refractivity contribution in [2.24, 2.45) is 0 Å². The van der Waals surface area contributed by atoms with Gasteiger partial charge in [-0.25, -0.2) is 0 Å². The van der Waals surface area contributed by atoms with Crippen LogP contribution >= 0.6 is 0 Å². The quantitative estimate of drug-likeness (QED) is 0.227. The van der Waals surface area contributed by atoms with Crippen LogP contribution in [-0.4, -0.2) is 102 Å². The van der Waals surface area contributed by atoms with Crippen molar-refractivity contribution in [1.29, 1.82) is 0 Å². The molecule has 0 aromatic heterocycles. The Balaban J connectivity index is 2.96. The average Bonchev–Trinajstić information content (AvgIpc) is 2.46. The summed E-state index contributed by atoms with van der Waals surface area (Å²) < 4.78 is 4.62. The molecule has 0 aromatic rings. The molecular formula is C10H18O10. The zero-order chi connectivity index (χ0) is 15.7. The molecule has 1 rings (SSSR count). The maximum Gasteiger partial charge on any atom is 0.253 e. The Bertz CT molecular complexity index is 338. The van der Waals surface area contributed by atoms with Gasteiger partial charge in [-0.15, -0.1) is 0 Å². The van der Waals surface area contributed by atoms with Crippen LogP contribution in [0, 0.1) is 0 Å². The fraction of sp³-hybridized carbons (Fsp3) is 0.900. The Morgan fingerprint density at radius 1 is 1.15 bits per heavy atom. The van der Waals surface area contributed by atoms with Crippen molar-refractivity contribution in [3.8, 4) is 0 Å². The minimum atomic E-state index is -2.89. The third-order valence-electron chi connectivity index (χ3n) is 3.20. The van der Waals surface area contributed by atoms with E-state index in [4.69, 9.17) is 5.11 Å². The Labute approximate surface area is 113 Å². The first-order chi connectivity index (χ1) is 9.19. The monoisotopic (exact) mass is 298 g/mol. The van der Waals surface area contributed by atoms with Crippen LogP contribution in [0.4, 0.5) is 0 Å². The molecule has 0 aromatic carbocycles. The molecule has 1 heterocycles. The standard InChI is InChI=1S/C10H18O10/c11-1-3(13)4(14)5(15)8-6(16)7(17)9(18)10(19,2-12)20-8/h2-9,11,13-19H,1H2/t3?,4?,5?,6?,7?,8?,9?,10-/m1/s1. The first-order valence-corrected chi connectivity index (χ1v) is 5.75. The van der Waals surface area contributed by atoms with Gasteiger partial charge in [0.15, 0.2) is 6.29 Å². The molecule has 10 heteroatoms. The Morgan fingerprint density at radius 3 is 2.15 bits per heavy atom. The van der Waals surface area contributed by atoms with Gasteiger partial charge in [-0.1, -0.05) is 0 Å². The van der Waals surface area contributed by atoms with Gasteiger partial charge in [0.1, 0.15) is 42.7 Å².